The molecule has 0 aromatic heterocycles. The van der Waals surface area contributed by atoms with Crippen LogP contribution < -0.4 is 5.32 Å². The summed E-state index contributed by atoms with van der Waals surface area (Å²) in [7, 11) is 0. The van der Waals surface area contributed by atoms with Crippen molar-refractivity contribution >= 4 is 17.5 Å². The predicted molar refractivity (Wildman–Crippen MR) is 113 cm³/mol. The second-order valence-corrected chi connectivity index (χ2v) is 7.26. The zero-order chi connectivity index (χ0) is 19.2. The number of likely N-dealkylation sites (tertiary alicyclic amines) is 1. The minimum Gasteiger partial charge on any atom is -0.366 e. The van der Waals surface area contributed by atoms with E-state index in [0.29, 0.717) is 10.9 Å². The van der Waals surface area contributed by atoms with Crippen molar-refractivity contribution < 1.29 is 4.79 Å². The van der Waals surface area contributed by atoms with E-state index in [0.717, 1.165) is 48.3 Å². The van der Waals surface area contributed by atoms with Gasteiger partial charge in [-0.25, -0.2) is 0 Å². The first kappa shape index (κ1) is 19.2. The van der Waals surface area contributed by atoms with E-state index in [2.05, 4.69) is 11.9 Å². The Hall–Kier alpha value is -2.52. The molecule has 1 amide bonds. The van der Waals surface area contributed by atoms with E-state index in [1.807, 2.05) is 72.6 Å². The van der Waals surface area contributed by atoms with Gasteiger partial charge in [-0.05, 0) is 61.4 Å². The summed E-state index contributed by atoms with van der Waals surface area (Å²) in [6, 6.07) is 15.5. The van der Waals surface area contributed by atoms with Crippen molar-refractivity contribution in [3.8, 4) is 11.1 Å². The normalized spacial score (nSPS) is 15.1. The maximum atomic E-state index is 12.8. The zero-order valence-corrected chi connectivity index (χ0v) is 16.4. The molecule has 0 bridgehead atoms. The van der Waals surface area contributed by atoms with Crippen molar-refractivity contribution in [1.29, 1.82) is 0 Å². The summed E-state index contributed by atoms with van der Waals surface area (Å²) in [5.74, 6) is 0.508. The van der Waals surface area contributed by atoms with Gasteiger partial charge in [-0.15, -0.1) is 0 Å². The van der Waals surface area contributed by atoms with E-state index >= 15 is 0 Å². The summed E-state index contributed by atoms with van der Waals surface area (Å²) < 4.78 is 0. The molecule has 1 N–H and O–H groups in total. The van der Waals surface area contributed by atoms with Crippen molar-refractivity contribution in [3.05, 3.63) is 83.7 Å². The van der Waals surface area contributed by atoms with Crippen molar-refractivity contribution in [2.24, 2.45) is 5.92 Å². The fourth-order valence-electron chi connectivity index (χ4n) is 3.40. The van der Waals surface area contributed by atoms with Crippen LogP contribution in [0.4, 0.5) is 0 Å². The molecule has 0 unspecified atom stereocenters. The molecule has 0 saturated carbocycles. The van der Waals surface area contributed by atoms with E-state index < -0.39 is 0 Å². The highest BCUT2D eigenvalue weighted by molar-refractivity contribution is 6.30. The molecular weight excluding hydrogens is 356 g/mol. The minimum atomic E-state index is 0.0955. The molecule has 27 heavy (non-hydrogen) atoms. The van der Waals surface area contributed by atoms with E-state index in [1.54, 1.807) is 0 Å². The summed E-state index contributed by atoms with van der Waals surface area (Å²) in [5.41, 5.74) is 3.87. The lowest BCUT2D eigenvalue weighted by molar-refractivity contribution is 0.0701. The lowest BCUT2D eigenvalue weighted by atomic mass is 9.93. The number of amides is 1. The van der Waals surface area contributed by atoms with Gasteiger partial charge in [0, 0.05) is 35.3 Å². The Morgan fingerprint density at radius 2 is 1.85 bits per heavy atom. The van der Waals surface area contributed by atoms with Crippen LogP contribution in [0.25, 0.3) is 11.1 Å². The Bertz CT molecular complexity index is 834. The average Bonchev–Trinajstić information content (AvgIpc) is 2.71. The van der Waals surface area contributed by atoms with Gasteiger partial charge in [0.05, 0.1) is 0 Å². The third kappa shape index (κ3) is 4.81. The number of carbonyl (C=O) groups excluding carboxylic acids is 1. The van der Waals surface area contributed by atoms with Gasteiger partial charge in [0.2, 0.25) is 0 Å². The van der Waals surface area contributed by atoms with Gasteiger partial charge in [-0.1, -0.05) is 48.5 Å². The predicted octanol–water partition coefficient (Wildman–Crippen LogP) is 5.50. The van der Waals surface area contributed by atoms with Gasteiger partial charge in [0.1, 0.15) is 0 Å². The van der Waals surface area contributed by atoms with Gasteiger partial charge in [-0.3, -0.25) is 4.79 Å². The van der Waals surface area contributed by atoms with Crippen molar-refractivity contribution in [1.82, 2.24) is 10.2 Å². The van der Waals surface area contributed by atoms with Gasteiger partial charge in [-0.2, -0.15) is 0 Å². The first-order valence-electron chi connectivity index (χ1n) is 9.30. The number of hydrogen-bond acceptors (Lipinski definition) is 2. The Kier molecular flexibility index (Phi) is 6.36. The second kappa shape index (κ2) is 8.92. The standard InChI is InChI=1S/C23H25ClN2O/c1-3-13-25-17(2)18-11-14-26(15-12-18)23(27)20-9-7-19(8-10-20)21-5-4-6-22(24)16-21/h3-10,13,16,18,25H,2,11-12,14-15H2,1H3/b13-3-. The Morgan fingerprint density at radius 3 is 2.48 bits per heavy atom. The quantitative estimate of drug-likeness (QED) is 0.743. The molecule has 0 aliphatic carbocycles. The lowest BCUT2D eigenvalue weighted by Gasteiger charge is -2.33. The fraction of sp³-hybridized carbons (Fsp3) is 0.261. The number of halogens is 1. The van der Waals surface area contributed by atoms with Crippen molar-refractivity contribution in [2.75, 3.05) is 13.1 Å². The molecule has 0 atom stereocenters. The molecule has 3 rings (SSSR count). The van der Waals surface area contributed by atoms with Crippen LogP contribution in [0.15, 0.2) is 73.1 Å². The molecule has 1 fully saturated rings. The Balaban J connectivity index is 1.61. The first-order chi connectivity index (χ1) is 13.1. The number of carbonyl (C=O) groups is 1. The van der Waals surface area contributed by atoms with Crippen LogP contribution in [0.3, 0.4) is 0 Å². The number of benzene rings is 2. The topological polar surface area (TPSA) is 32.3 Å². The van der Waals surface area contributed by atoms with Crippen LogP contribution >= 0.6 is 11.6 Å². The molecule has 1 aliphatic heterocycles. The Morgan fingerprint density at radius 1 is 1.15 bits per heavy atom. The van der Waals surface area contributed by atoms with Gasteiger partial charge in [0.15, 0.2) is 0 Å². The minimum absolute atomic E-state index is 0.0955. The van der Waals surface area contributed by atoms with E-state index in [1.165, 1.54) is 0 Å². The Labute approximate surface area is 166 Å². The van der Waals surface area contributed by atoms with Crippen molar-refractivity contribution in [3.63, 3.8) is 0 Å². The molecule has 1 saturated heterocycles. The molecule has 0 spiro atoms. The smallest absolute Gasteiger partial charge is 0.253 e. The van der Waals surface area contributed by atoms with Crippen LogP contribution in [0.2, 0.25) is 5.02 Å². The fourth-order valence-corrected chi connectivity index (χ4v) is 3.59. The SMILES string of the molecule is C=C(N/C=C\C)C1CCN(C(=O)c2ccc(-c3cccc(Cl)c3)cc2)CC1. The van der Waals surface area contributed by atoms with E-state index in [9.17, 15) is 4.79 Å². The third-order valence-electron chi connectivity index (χ3n) is 5.00. The summed E-state index contributed by atoms with van der Waals surface area (Å²) in [6.45, 7) is 7.60. The second-order valence-electron chi connectivity index (χ2n) is 6.82. The number of hydrogen-bond donors (Lipinski definition) is 1. The molecule has 140 valence electrons. The molecule has 0 radical (unpaired) electrons. The van der Waals surface area contributed by atoms with E-state index in [-0.39, 0.29) is 5.91 Å². The number of piperidine rings is 1. The molecule has 1 heterocycles. The summed E-state index contributed by atoms with van der Waals surface area (Å²) in [4.78, 5) is 14.7. The highest BCUT2D eigenvalue weighted by atomic mass is 35.5. The maximum Gasteiger partial charge on any atom is 0.253 e. The number of rotatable bonds is 5. The monoisotopic (exact) mass is 380 g/mol. The van der Waals surface area contributed by atoms with Crippen LogP contribution in [-0.4, -0.2) is 23.9 Å². The van der Waals surface area contributed by atoms with Crippen LogP contribution in [0.5, 0.6) is 0 Å². The molecule has 2 aromatic rings. The number of allylic oxidation sites excluding steroid dienone is 2. The van der Waals surface area contributed by atoms with Crippen molar-refractivity contribution in [2.45, 2.75) is 19.8 Å². The summed E-state index contributed by atoms with van der Waals surface area (Å²) >= 11 is 6.06. The largest absolute Gasteiger partial charge is 0.366 e. The van der Waals surface area contributed by atoms with Crippen LogP contribution in [0.1, 0.15) is 30.1 Å². The van der Waals surface area contributed by atoms with Gasteiger partial charge < -0.3 is 10.2 Å². The molecule has 3 nitrogen and oxygen atoms in total. The average molecular weight is 381 g/mol. The van der Waals surface area contributed by atoms with Crippen LogP contribution in [0, 0.1) is 5.92 Å². The van der Waals surface area contributed by atoms with Gasteiger partial charge in [0.25, 0.3) is 5.91 Å². The highest BCUT2D eigenvalue weighted by Gasteiger charge is 2.24. The number of nitrogens with zero attached hydrogens (tertiary/aromatic N) is 1. The number of nitrogens with one attached hydrogen (secondary N) is 1. The summed E-state index contributed by atoms with van der Waals surface area (Å²) in [6.07, 6.45) is 5.74. The van der Waals surface area contributed by atoms with E-state index in [4.69, 9.17) is 11.6 Å². The molecule has 2 aromatic carbocycles. The molecule has 1 aliphatic rings. The van der Waals surface area contributed by atoms with Gasteiger partial charge >= 0.3 is 0 Å². The zero-order valence-electron chi connectivity index (χ0n) is 15.6. The molecular formula is C23H25ClN2O. The first-order valence-corrected chi connectivity index (χ1v) is 9.68. The molecule has 4 heteroatoms. The third-order valence-corrected chi connectivity index (χ3v) is 5.24. The highest BCUT2D eigenvalue weighted by Crippen LogP contribution is 2.25. The van der Waals surface area contributed by atoms with Crippen LogP contribution in [-0.2, 0) is 0 Å². The lowest BCUT2D eigenvalue weighted by Crippen LogP contribution is -2.39. The maximum absolute atomic E-state index is 12.8. The summed E-state index contributed by atoms with van der Waals surface area (Å²) in [5, 5.41) is 3.92.